The van der Waals surface area contributed by atoms with Crippen LogP contribution >= 0.6 is 7.60 Å². The molecule has 0 aromatic carbocycles. The van der Waals surface area contributed by atoms with E-state index in [1.165, 1.54) is 18.9 Å². The molecule has 0 spiro atoms. The third-order valence-corrected chi connectivity index (χ3v) is 6.70. The predicted octanol–water partition coefficient (Wildman–Crippen LogP) is 2.88. The number of hydrogen-bond acceptors (Lipinski definition) is 14. The summed E-state index contributed by atoms with van der Waals surface area (Å²) in [6.45, 7) is 9.16. The normalized spacial score (nSPS) is 11.9. The largest absolute Gasteiger partial charge is 0.438 e. The van der Waals surface area contributed by atoms with Crippen molar-refractivity contribution in [2.24, 2.45) is 16.6 Å². The van der Waals surface area contributed by atoms with Gasteiger partial charge in [0.25, 0.3) is 0 Å². The molecule has 3 aromatic heterocycles. The number of nitrogens with two attached hydrogens (primary N) is 2. The Kier molecular flexibility index (Phi) is 12.7. The van der Waals surface area contributed by atoms with E-state index in [-0.39, 0.29) is 12.4 Å². The minimum atomic E-state index is -3.95. The first-order chi connectivity index (χ1) is 20.0. The summed E-state index contributed by atoms with van der Waals surface area (Å²) in [6.07, 6.45) is 5.40. The molecular weight excluding hydrogens is 585 g/mol. The third kappa shape index (κ3) is 11.7. The summed E-state index contributed by atoms with van der Waals surface area (Å²) in [7, 11) is -3.95. The monoisotopic (exact) mass is 623 g/mol. The van der Waals surface area contributed by atoms with E-state index < -0.39 is 56.2 Å². The Bertz CT molecular complexity index is 1380. The first-order valence-corrected chi connectivity index (χ1v) is 14.7. The number of amides is 1. The lowest BCUT2D eigenvalue weighted by Gasteiger charge is -2.22. The maximum Gasteiger partial charge on any atom is 0.361 e. The van der Waals surface area contributed by atoms with Crippen LogP contribution in [0.25, 0.3) is 11.2 Å². The number of primary amides is 1. The van der Waals surface area contributed by atoms with Gasteiger partial charge >= 0.3 is 19.5 Å². The molecule has 0 radical (unpaired) electrons. The molecule has 3 rings (SSSR count). The Morgan fingerprint density at radius 1 is 0.953 bits per heavy atom. The van der Waals surface area contributed by atoms with Crippen LogP contribution in [0, 0.1) is 10.8 Å². The number of aromatic nitrogens is 5. The molecule has 0 aliphatic rings. The lowest BCUT2D eigenvalue weighted by molar-refractivity contribution is -0.162. The highest BCUT2D eigenvalue weighted by molar-refractivity contribution is 7.53. The van der Waals surface area contributed by atoms with Crippen LogP contribution in [-0.2, 0) is 44.0 Å². The van der Waals surface area contributed by atoms with Crippen LogP contribution in [0.15, 0.2) is 37.2 Å². The van der Waals surface area contributed by atoms with Crippen molar-refractivity contribution in [1.82, 2.24) is 24.5 Å². The average molecular weight is 624 g/mol. The van der Waals surface area contributed by atoms with Crippen molar-refractivity contribution in [2.45, 2.75) is 48.1 Å². The number of carbonyl (C=O) groups is 3. The van der Waals surface area contributed by atoms with Crippen molar-refractivity contribution in [3.63, 3.8) is 0 Å². The van der Waals surface area contributed by atoms with Gasteiger partial charge in [-0.25, -0.2) is 15.0 Å². The number of imidazole rings is 1. The predicted molar refractivity (Wildman–Crippen MR) is 154 cm³/mol. The molecule has 0 unspecified atom stereocenters. The summed E-state index contributed by atoms with van der Waals surface area (Å²) in [5, 5.41) is 0. The number of anilines is 1. The fourth-order valence-electron chi connectivity index (χ4n) is 2.78. The minimum absolute atomic E-state index is 0.0929. The molecule has 43 heavy (non-hydrogen) atoms. The van der Waals surface area contributed by atoms with Crippen LogP contribution in [0.5, 0.6) is 0 Å². The van der Waals surface area contributed by atoms with Crippen molar-refractivity contribution in [3.05, 3.63) is 42.7 Å². The van der Waals surface area contributed by atoms with E-state index >= 15 is 0 Å². The Balaban J connectivity index is 0.000000609. The molecule has 0 bridgehead atoms. The van der Waals surface area contributed by atoms with E-state index in [0.29, 0.717) is 23.3 Å². The zero-order chi connectivity index (χ0) is 32.3. The van der Waals surface area contributed by atoms with Crippen molar-refractivity contribution in [1.29, 1.82) is 0 Å². The Hall–Kier alpha value is -3.98. The van der Waals surface area contributed by atoms with E-state index in [2.05, 4.69) is 19.9 Å². The third-order valence-electron chi connectivity index (χ3n) is 5.21. The second-order valence-electron chi connectivity index (χ2n) is 11.0. The van der Waals surface area contributed by atoms with Crippen LogP contribution in [0.1, 0.15) is 51.9 Å². The lowest BCUT2D eigenvalue weighted by Crippen LogP contribution is -2.25. The second-order valence-corrected chi connectivity index (χ2v) is 13.0. The Morgan fingerprint density at radius 2 is 1.56 bits per heavy atom. The molecule has 3 aromatic rings. The molecule has 0 aliphatic heterocycles. The molecule has 0 saturated carbocycles. The number of fused-ring (bicyclic) bond motifs is 1. The van der Waals surface area contributed by atoms with Gasteiger partial charge in [-0.1, -0.05) is 0 Å². The lowest BCUT2D eigenvalue weighted by atomic mass is 9.98. The van der Waals surface area contributed by atoms with Gasteiger partial charge in [-0.2, -0.15) is 0 Å². The number of carbonyl (C=O) groups excluding carboxylic acids is 3. The second kappa shape index (κ2) is 15.5. The Morgan fingerprint density at radius 3 is 2.05 bits per heavy atom. The number of nitrogens with zero attached hydrogens (tertiary/aromatic N) is 5. The van der Waals surface area contributed by atoms with Crippen molar-refractivity contribution in [2.75, 3.05) is 32.3 Å². The molecular formula is C26H38N7O9P. The van der Waals surface area contributed by atoms with Crippen molar-refractivity contribution in [3.8, 4) is 0 Å². The molecule has 0 aliphatic carbocycles. The molecule has 17 heteroatoms. The van der Waals surface area contributed by atoms with E-state index in [1.807, 2.05) is 0 Å². The van der Waals surface area contributed by atoms with E-state index in [4.69, 9.17) is 34.7 Å². The molecule has 1 amide bonds. The van der Waals surface area contributed by atoms with Crippen LogP contribution in [0.2, 0.25) is 0 Å². The molecule has 0 saturated heterocycles. The van der Waals surface area contributed by atoms with E-state index in [0.717, 1.165) is 0 Å². The van der Waals surface area contributed by atoms with E-state index in [1.54, 1.807) is 64.4 Å². The maximum absolute atomic E-state index is 13.1. The summed E-state index contributed by atoms with van der Waals surface area (Å²) < 4.78 is 40.7. The number of rotatable bonds is 12. The van der Waals surface area contributed by atoms with Gasteiger partial charge in [0.2, 0.25) is 19.5 Å². The highest BCUT2D eigenvalue weighted by Crippen LogP contribution is 2.48. The smallest absolute Gasteiger partial charge is 0.361 e. The fourth-order valence-corrected chi connectivity index (χ4v) is 3.78. The van der Waals surface area contributed by atoms with Crippen molar-refractivity contribution >= 4 is 42.4 Å². The number of hydrogen-bond donors (Lipinski definition) is 2. The topological polar surface area (TPSA) is 223 Å². The zero-order valence-electron chi connectivity index (χ0n) is 25.0. The van der Waals surface area contributed by atoms with Gasteiger partial charge in [0, 0.05) is 18.9 Å². The molecule has 4 N–H and O–H groups in total. The van der Waals surface area contributed by atoms with Gasteiger partial charge < -0.3 is 30.2 Å². The summed E-state index contributed by atoms with van der Waals surface area (Å²) in [5.41, 5.74) is 10.6. The first-order valence-electron chi connectivity index (χ1n) is 12.9. The van der Waals surface area contributed by atoms with Crippen LogP contribution in [0.3, 0.4) is 0 Å². The molecule has 0 fully saturated rings. The summed E-state index contributed by atoms with van der Waals surface area (Å²) in [6, 6.07) is 3.29. The minimum Gasteiger partial charge on any atom is -0.438 e. The summed E-state index contributed by atoms with van der Waals surface area (Å²) in [5.74, 6) is -1.28. The molecule has 16 nitrogen and oxygen atoms in total. The quantitative estimate of drug-likeness (QED) is 0.128. The van der Waals surface area contributed by atoms with Gasteiger partial charge in [-0.05, 0) is 53.7 Å². The highest BCUT2D eigenvalue weighted by Gasteiger charge is 2.30. The number of ether oxygens (including phenoxy) is 3. The van der Waals surface area contributed by atoms with Gasteiger partial charge in [0.05, 0.1) is 29.3 Å². The van der Waals surface area contributed by atoms with Gasteiger partial charge in [0.15, 0.2) is 11.5 Å². The van der Waals surface area contributed by atoms with Gasteiger partial charge in [-0.15, -0.1) is 0 Å². The summed E-state index contributed by atoms with van der Waals surface area (Å²) in [4.78, 5) is 50.1. The Labute approximate surface area is 249 Å². The standard InChI is InChI=1S/C20H32N5O8P.C6H6N2O/c1-19(2,3)17(26)30-11-32-34(28,33-12-31-18(27)20(4,5)6)13-29-8-7-25-10-24-14-15(21)22-9-23-16(14)25;7-6(9)5-2-1-3-8-4-5/h9-10H,7-8,11-13H2,1-6H3,(H2,21,22,23);1-4H,(H2,7,9). The highest BCUT2D eigenvalue weighted by atomic mass is 31.2. The summed E-state index contributed by atoms with van der Waals surface area (Å²) >= 11 is 0. The SMILES string of the molecule is CC(C)(C)C(=O)OCOP(=O)(COCCn1cnc2c(N)ncnc21)OCOC(=O)C(C)(C)C.NC(=O)c1cccnc1. The molecule has 3 heterocycles. The average Bonchev–Trinajstić information content (AvgIpc) is 3.35. The van der Waals surface area contributed by atoms with Crippen LogP contribution in [0.4, 0.5) is 5.82 Å². The van der Waals surface area contributed by atoms with Crippen LogP contribution < -0.4 is 11.5 Å². The number of nitrogen functional groups attached to an aromatic ring is 1. The van der Waals surface area contributed by atoms with Crippen LogP contribution in [-0.4, -0.2) is 68.9 Å². The van der Waals surface area contributed by atoms with Gasteiger partial charge in [0.1, 0.15) is 18.2 Å². The van der Waals surface area contributed by atoms with Crippen molar-refractivity contribution < 1.29 is 42.2 Å². The molecule has 0 atom stereocenters. The number of esters is 2. The number of pyridine rings is 1. The fraction of sp³-hybridized carbons (Fsp3) is 0.500. The van der Waals surface area contributed by atoms with E-state index in [9.17, 15) is 18.9 Å². The van der Waals surface area contributed by atoms with Gasteiger partial charge in [-0.3, -0.25) is 33.0 Å². The zero-order valence-corrected chi connectivity index (χ0v) is 25.9. The molecule has 236 valence electrons. The maximum atomic E-state index is 13.1. The first kappa shape index (κ1) is 35.2.